The van der Waals surface area contributed by atoms with E-state index in [1.54, 1.807) is 12.4 Å². The predicted molar refractivity (Wildman–Crippen MR) is 122 cm³/mol. The second kappa shape index (κ2) is 8.35. The van der Waals surface area contributed by atoms with Crippen LogP contribution in [0.2, 0.25) is 0 Å². The molecule has 7 nitrogen and oxygen atoms in total. The zero-order chi connectivity index (χ0) is 21.2. The SMILES string of the molecule is Cc1cnc(/N=C/C2CCC(N)CC2)nc1-c1cnc2ccc(-c3ccncc3)cn12. The molecule has 0 saturated heterocycles. The highest BCUT2D eigenvalue weighted by Gasteiger charge is 2.17. The minimum absolute atomic E-state index is 0.332. The Labute approximate surface area is 181 Å². The average molecular weight is 412 g/mol. The largest absolute Gasteiger partial charge is 0.328 e. The first-order valence-corrected chi connectivity index (χ1v) is 10.7. The van der Waals surface area contributed by atoms with Crippen LogP contribution in [0.15, 0.2) is 60.2 Å². The van der Waals surface area contributed by atoms with E-state index in [4.69, 9.17) is 10.7 Å². The van der Waals surface area contributed by atoms with E-state index in [1.165, 1.54) is 0 Å². The number of imidazole rings is 1. The number of hydrogen-bond donors (Lipinski definition) is 1. The zero-order valence-electron chi connectivity index (χ0n) is 17.5. The van der Waals surface area contributed by atoms with Gasteiger partial charge < -0.3 is 5.73 Å². The Hall–Kier alpha value is -3.45. The summed E-state index contributed by atoms with van der Waals surface area (Å²) in [7, 11) is 0. The maximum atomic E-state index is 6.01. The van der Waals surface area contributed by atoms with Crippen molar-refractivity contribution in [3.8, 4) is 22.5 Å². The number of nitrogens with two attached hydrogens (primary N) is 1. The number of nitrogens with zero attached hydrogens (tertiary/aromatic N) is 6. The minimum Gasteiger partial charge on any atom is -0.328 e. The van der Waals surface area contributed by atoms with Crippen LogP contribution in [0.25, 0.3) is 28.2 Å². The van der Waals surface area contributed by atoms with Gasteiger partial charge in [-0.3, -0.25) is 9.38 Å². The summed E-state index contributed by atoms with van der Waals surface area (Å²) in [6.45, 7) is 2.01. The Balaban J connectivity index is 1.49. The highest BCUT2D eigenvalue weighted by Crippen LogP contribution is 2.27. The van der Waals surface area contributed by atoms with Crippen LogP contribution >= 0.6 is 0 Å². The molecule has 4 aromatic heterocycles. The van der Waals surface area contributed by atoms with Crippen molar-refractivity contribution >= 4 is 17.8 Å². The van der Waals surface area contributed by atoms with Crippen LogP contribution in [-0.4, -0.2) is 36.6 Å². The Morgan fingerprint density at radius 1 is 1.00 bits per heavy atom. The van der Waals surface area contributed by atoms with Crippen LogP contribution in [0.4, 0.5) is 5.95 Å². The molecule has 5 rings (SSSR count). The molecule has 0 spiro atoms. The molecule has 0 unspecified atom stereocenters. The van der Waals surface area contributed by atoms with Gasteiger partial charge in [-0.25, -0.2) is 19.9 Å². The van der Waals surface area contributed by atoms with Crippen LogP contribution in [0, 0.1) is 12.8 Å². The maximum absolute atomic E-state index is 6.01. The Morgan fingerprint density at radius 3 is 2.61 bits per heavy atom. The van der Waals surface area contributed by atoms with E-state index in [0.717, 1.165) is 59.4 Å². The van der Waals surface area contributed by atoms with Gasteiger partial charge in [-0.1, -0.05) is 0 Å². The van der Waals surface area contributed by atoms with E-state index in [2.05, 4.69) is 36.6 Å². The van der Waals surface area contributed by atoms with E-state index in [9.17, 15) is 0 Å². The smallest absolute Gasteiger partial charge is 0.249 e. The van der Waals surface area contributed by atoms with Crippen molar-refractivity contribution in [1.29, 1.82) is 0 Å². The summed E-state index contributed by atoms with van der Waals surface area (Å²) in [5.74, 6) is 0.933. The van der Waals surface area contributed by atoms with Crippen molar-refractivity contribution in [3.63, 3.8) is 0 Å². The molecule has 1 saturated carbocycles. The lowest BCUT2D eigenvalue weighted by molar-refractivity contribution is 0.396. The minimum atomic E-state index is 0.332. The summed E-state index contributed by atoms with van der Waals surface area (Å²) in [5.41, 5.74) is 11.8. The summed E-state index contributed by atoms with van der Waals surface area (Å²) in [4.78, 5) is 22.4. The number of aromatic nitrogens is 5. The van der Waals surface area contributed by atoms with Crippen molar-refractivity contribution in [1.82, 2.24) is 24.3 Å². The van der Waals surface area contributed by atoms with Crippen LogP contribution in [0.3, 0.4) is 0 Å². The summed E-state index contributed by atoms with van der Waals surface area (Å²) in [6, 6.07) is 8.42. The van der Waals surface area contributed by atoms with Gasteiger partial charge in [0.25, 0.3) is 0 Å². The predicted octanol–water partition coefficient (Wildman–Crippen LogP) is 4.38. The molecule has 156 valence electrons. The quantitative estimate of drug-likeness (QED) is 0.503. The molecule has 7 heteroatoms. The topological polar surface area (TPSA) is 94.3 Å². The molecule has 31 heavy (non-hydrogen) atoms. The number of fused-ring (bicyclic) bond motifs is 1. The molecule has 4 heterocycles. The third-order valence-electron chi connectivity index (χ3n) is 5.94. The van der Waals surface area contributed by atoms with Crippen LogP contribution in [0.5, 0.6) is 0 Å². The fourth-order valence-electron chi connectivity index (χ4n) is 4.09. The molecular weight excluding hydrogens is 386 g/mol. The van der Waals surface area contributed by atoms with Crippen LogP contribution in [0.1, 0.15) is 31.2 Å². The number of rotatable bonds is 4. The third kappa shape index (κ3) is 4.09. The first-order chi connectivity index (χ1) is 15.2. The second-order valence-electron chi connectivity index (χ2n) is 8.18. The van der Waals surface area contributed by atoms with Crippen molar-refractivity contribution < 1.29 is 0 Å². The van der Waals surface area contributed by atoms with Crippen LogP contribution in [-0.2, 0) is 0 Å². The summed E-state index contributed by atoms with van der Waals surface area (Å²) in [5, 5.41) is 0. The molecule has 4 aromatic rings. The Kier molecular flexibility index (Phi) is 5.26. The van der Waals surface area contributed by atoms with E-state index < -0.39 is 0 Å². The maximum Gasteiger partial charge on any atom is 0.249 e. The van der Waals surface area contributed by atoms with Gasteiger partial charge in [0.05, 0.1) is 17.6 Å². The van der Waals surface area contributed by atoms with Gasteiger partial charge in [-0.15, -0.1) is 0 Å². The number of aryl methyl sites for hydroxylation is 1. The number of pyridine rings is 2. The van der Waals surface area contributed by atoms with Gasteiger partial charge in [0.2, 0.25) is 5.95 Å². The van der Waals surface area contributed by atoms with Crippen LogP contribution < -0.4 is 5.73 Å². The van der Waals surface area contributed by atoms with Crippen molar-refractivity contribution in [2.24, 2.45) is 16.6 Å². The molecule has 0 bridgehead atoms. The highest BCUT2D eigenvalue weighted by molar-refractivity contribution is 5.69. The van der Waals surface area contributed by atoms with Gasteiger partial charge in [-0.2, -0.15) is 0 Å². The zero-order valence-corrected chi connectivity index (χ0v) is 17.5. The fourth-order valence-corrected chi connectivity index (χ4v) is 4.09. The molecule has 0 aromatic carbocycles. The molecule has 1 fully saturated rings. The van der Waals surface area contributed by atoms with Gasteiger partial charge in [0, 0.05) is 37.0 Å². The molecule has 0 aliphatic heterocycles. The first kappa shape index (κ1) is 19.5. The standard InChI is InChI=1S/C24H25N7/c1-16-12-28-24(29-13-17-2-5-20(25)6-3-17)30-23(16)21-14-27-22-7-4-19(15-31(21)22)18-8-10-26-11-9-18/h4,7-15,17,20H,2-3,5-6,25H2,1H3/b29-13+. The lowest BCUT2D eigenvalue weighted by atomic mass is 9.87. The molecule has 0 radical (unpaired) electrons. The second-order valence-corrected chi connectivity index (χ2v) is 8.18. The van der Waals surface area contributed by atoms with Gasteiger partial charge in [-0.05, 0) is 79.5 Å². The molecule has 0 amide bonds. The molecule has 2 N–H and O–H groups in total. The van der Waals surface area contributed by atoms with Crippen molar-refractivity contribution in [2.45, 2.75) is 38.6 Å². The summed E-state index contributed by atoms with van der Waals surface area (Å²) < 4.78 is 2.07. The van der Waals surface area contributed by atoms with E-state index in [0.29, 0.717) is 17.9 Å². The van der Waals surface area contributed by atoms with Gasteiger partial charge >= 0.3 is 0 Å². The third-order valence-corrected chi connectivity index (χ3v) is 5.94. The molecule has 1 aliphatic rings. The monoisotopic (exact) mass is 411 g/mol. The first-order valence-electron chi connectivity index (χ1n) is 10.7. The number of hydrogen-bond acceptors (Lipinski definition) is 6. The highest BCUT2D eigenvalue weighted by atomic mass is 15.1. The number of aliphatic imine (C=N–C) groups is 1. The van der Waals surface area contributed by atoms with E-state index >= 15 is 0 Å². The normalized spacial score (nSPS) is 19.3. The molecular formula is C24H25N7. The summed E-state index contributed by atoms with van der Waals surface area (Å²) in [6.07, 6.45) is 15.6. The Morgan fingerprint density at radius 2 is 1.81 bits per heavy atom. The van der Waals surface area contributed by atoms with Crippen molar-refractivity contribution in [2.75, 3.05) is 0 Å². The lowest BCUT2D eigenvalue weighted by Crippen LogP contribution is -2.26. The van der Waals surface area contributed by atoms with Gasteiger partial charge in [0.15, 0.2) is 0 Å². The van der Waals surface area contributed by atoms with Crippen molar-refractivity contribution in [3.05, 3.63) is 60.8 Å². The van der Waals surface area contributed by atoms with Gasteiger partial charge in [0.1, 0.15) is 5.65 Å². The summed E-state index contributed by atoms with van der Waals surface area (Å²) >= 11 is 0. The average Bonchev–Trinajstić information content (AvgIpc) is 3.23. The lowest BCUT2D eigenvalue weighted by Gasteiger charge is -2.22. The molecule has 0 atom stereocenters. The fraction of sp³-hybridized carbons (Fsp3) is 0.292. The Bertz CT molecular complexity index is 1220. The van der Waals surface area contributed by atoms with E-state index in [1.807, 2.05) is 43.7 Å². The van der Waals surface area contributed by atoms with E-state index in [-0.39, 0.29) is 0 Å². The molecule has 1 aliphatic carbocycles.